The van der Waals surface area contributed by atoms with Crippen LogP contribution in [0.1, 0.15) is 16.7 Å². The van der Waals surface area contributed by atoms with Gasteiger partial charge in [0.1, 0.15) is 10.0 Å². The standard InChI is InChI=1S/C36H24N2S4/c1-22-18-30(35-37-12-16-41-35)26-11-10-23(20-29(26)33(22)36-38-13-17-42-36)19-24-21-28(31-8-4-14-39-31)25-6-2-3-7-27(25)34(24)32-9-5-15-40-32/h2-18,20-21H,19H2,1H3. The molecule has 8 aromatic rings. The van der Waals surface area contributed by atoms with E-state index in [0.717, 1.165) is 16.4 Å². The fraction of sp³-hybridized carbons (Fsp3) is 0.0556. The molecule has 0 aliphatic rings. The molecule has 4 aromatic heterocycles. The first-order valence-corrected chi connectivity index (χ1v) is 17.2. The number of benzene rings is 4. The van der Waals surface area contributed by atoms with Crippen molar-refractivity contribution in [3.05, 3.63) is 129 Å². The van der Waals surface area contributed by atoms with Crippen LogP contribution in [0.5, 0.6) is 0 Å². The summed E-state index contributed by atoms with van der Waals surface area (Å²) in [5.41, 5.74) is 8.93. The minimum atomic E-state index is 0.838. The van der Waals surface area contributed by atoms with Crippen LogP contribution in [-0.2, 0) is 6.42 Å². The summed E-state index contributed by atoms with van der Waals surface area (Å²) in [6.45, 7) is 2.20. The first-order chi connectivity index (χ1) is 20.7. The number of rotatable bonds is 6. The average molecular weight is 613 g/mol. The molecular formula is C36H24N2S4. The van der Waals surface area contributed by atoms with Gasteiger partial charge in [0.2, 0.25) is 0 Å². The number of thiophene rings is 2. The number of aryl methyl sites for hydroxylation is 1. The monoisotopic (exact) mass is 612 g/mol. The maximum atomic E-state index is 4.73. The molecule has 0 spiro atoms. The van der Waals surface area contributed by atoms with Crippen LogP contribution in [0.15, 0.2) is 113 Å². The predicted octanol–water partition coefficient (Wildman–Crippen LogP) is 11.6. The van der Waals surface area contributed by atoms with E-state index in [1.807, 2.05) is 23.7 Å². The third-order valence-electron chi connectivity index (χ3n) is 7.78. The van der Waals surface area contributed by atoms with E-state index in [4.69, 9.17) is 4.98 Å². The highest BCUT2D eigenvalue weighted by molar-refractivity contribution is 7.14. The van der Waals surface area contributed by atoms with Crippen LogP contribution in [0.2, 0.25) is 0 Å². The quantitative estimate of drug-likeness (QED) is 0.187. The van der Waals surface area contributed by atoms with E-state index in [1.165, 1.54) is 70.2 Å². The Bertz CT molecular complexity index is 2160. The van der Waals surface area contributed by atoms with Crippen LogP contribution in [-0.4, -0.2) is 9.97 Å². The lowest BCUT2D eigenvalue weighted by molar-refractivity contribution is 1.21. The van der Waals surface area contributed by atoms with Crippen molar-refractivity contribution < 1.29 is 0 Å². The van der Waals surface area contributed by atoms with Gasteiger partial charge in [-0.05, 0) is 92.2 Å². The van der Waals surface area contributed by atoms with E-state index in [0.29, 0.717) is 0 Å². The zero-order valence-corrected chi connectivity index (χ0v) is 26.0. The van der Waals surface area contributed by atoms with Crippen LogP contribution in [0, 0.1) is 6.92 Å². The molecule has 0 aliphatic carbocycles. The van der Waals surface area contributed by atoms with Gasteiger partial charge < -0.3 is 0 Å². The topological polar surface area (TPSA) is 25.8 Å². The van der Waals surface area contributed by atoms with E-state index in [-0.39, 0.29) is 0 Å². The van der Waals surface area contributed by atoms with Crippen LogP contribution >= 0.6 is 45.3 Å². The summed E-state index contributed by atoms with van der Waals surface area (Å²) in [5, 5.41) is 15.7. The Labute approximate surface area is 260 Å². The molecule has 0 unspecified atom stereocenters. The van der Waals surface area contributed by atoms with Gasteiger partial charge in [0, 0.05) is 49.6 Å². The largest absolute Gasteiger partial charge is 0.245 e. The molecule has 0 N–H and O–H groups in total. The Balaban J connectivity index is 1.36. The van der Waals surface area contributed by atoms with E-state index in [1.54, 1.807) is 34.0 Å². The maximum Gasteiger partial charge on any atom is 0.124 e. The molecule has 0 amide bonds. The van der Waals surface area contributed by atoms with Crippen molar-refractivity contribution in [1.29, 1.82) is 0 Å². The van der Waals surface area contributed by atoms with Crippen molar-refractivity contribution >= 4 is 66.9 Å². The molecule has 202 valence electrons. The average Bonchev–Trinajstić information content (AvgIpc) is 3.84. The van der Waals surface area contributed by atoms with Gasteiger partial charge in [-0.3, -0.25) is 0 Å². The second kappa shape index (κ2) is 10.7. The molecule has 0 fully saturated rings. The normalized spacial score (nSPS) is 11.5. The fourth-order valence-corrected chi connectivity index (χ4v) is 9.03. The van der Waals surface area contributed by atoms with Crippen molar-refractivity contribution in [3.8, 4) is 42.0 Å². The predicted molar refractivity (Wildman–Crippen MR) is 184 cm³/mol. The van der Waals surface area contributed by atoms with E-state index >= 15 is 0 Å². The zero-order chi connectivity index (χ0) is 28.0. The van der Waals surface area contributed by atoms with Crippen LogP contribution in [0.4, 0.5) is 0 Å². The number of thiazole rings is 2. The summed E-state index contributed by atoms with van der Waals surface area (Å²) in [7, 11) is 0. The molecule has 0 saturated carbocycles. The minimum absolute atomic E-state index is 0.838. The summed E-state index contributed by atoms with van der Waals surface area (Å²) in [6, 6.07) is 29.4. The molecule has 0 aliphatic heterocycles. The molecule has 8 rings (SSSR count). The first-order valence-electron chi connectivity index (χ1n) is 13.7. The Kier molecular flexibility index (Phi) is 6.57. The highest BCUT2D eigenvalue weighted by Gasteiger charge is 2.19. The van der Waals surface area contributed by atoms with Gasteiger partial charge in [0.05, 0.1) is 0 Å². The smallest absolute Gasteiger partial charge is 0.124 e. The highest BCUT2D eigenvalue weighted by atomic mass is 32.1. The third kappa shape index (κ3) is 4.43. The molecule has 4 aromatic carbocycles. The van der Waals surface area contributed by atoms with Crippen molar-refractivity contribution in [1.82, 2.24) is 9.97 Å². The highest BCUT2D eigenvalue weighted by Crippen LogP contribution is 2.44. The lowest BCUT2D eigenvalue weighted by Crippen LogP contribution is -1.97. The zero-order valence-electron chi connectivity index (χ0n) is 22.7. The van der Waals surface area contributed by atoms with Crippen LogP contribution < -0.4 is 0 Å². The van der Waals surface area contributed by atoms with Crippen molar-refractivity contribution in [2.45, 2.75) is 13.3 Å². The Morgan fingerprint density at radius 2 is 1.26 bits per heavy atom. The fourth-order valence-electron chi connectivity index (χ4n) is 6.03. The van der Waals surface area contributed by atoms with Gasteiger partial charge in [-0.2, -0.15) is 0 Å². The second-order valence-electron chi connectivity index (χ2n) is 10.3. The van der Waals surface area contributed by atoms with Gasteiger partial charge in [-0.25, -0.2) is 9.97 Å². The number of hydrogen-bond acceptors (Lipinski definition) is 6. The Morgan fingerprint density at radius 1 is 0.548 bits per heavy atom. The summed E-state index contributed by atoms with van der Waals surface area (Å²) in [6.07, 6.45) is 4.63. The SMILES string of the molecule is Cc1cc(-c2nccs2)c2ccc(Cc3cc(-c4cccs4)c4ccccc4c3-c3cccs3)cc2c1-c1nccs1. The molecule has 6 heteroatoms. The summed E-state index contributed by atoms with van der Waals surface area (Å²) < 4.78 is 0. The molecule has 4 heterocycles. The Morgan fingerprint density at radius 3 is 1.98 bits per heavy atom. The number of nitrogens with zero attached hydrogens (tertiary/aromatic N) is 2. The van der Waals surface area contributed by atoms with Gasteiger partial charge in [0.15, 0.2) is 0 Å². The molecule has 0 bridgehead atoms. The summed E-state index contributed by atoms with van der Waals surface area (Å²) in [5.74, 6) is 0. The third-order valence-corrected chi connectivity index (χ3v) is 11.2. The molecule has 0 radical (unpaired) electrons. The van der Waals surface area contributed by atoms with Crippen molar-refractivity contribution in [3.63, 3.8) is 0 Å². The lowest BCUT2D eigenvalue weighted by atomic mass is 9.88. The number of fused-ring (bicyclic) bond motifs is 2. The van der Waals surface area contributed by atoms with Crippen LogP contribution in [0.25, 0.3) is 63.6 Å². The molecule has 42 heavy (non-hydrogen) atoms. The summed E-state index contributed by atoms with van der Waals surface area (Å²) >= 11 is 7.01. The van der Waals surface area contributed by atoms with Gasteiger partial charge in [0.25, 0.3) is 0 Å². The van der Waals surface area contributed by atoms with Gasteiger partial charge >= 0.3 is 0 Å². The maximum absolute atomic E-state index is 4.73. The summed E-state index contributed by atoms with van der Waals surface area (Å²) in [4.78, 5) is 12.0. The van der Waals surface area contributed by atoms with Gasteiger partial charge in [-0.1, -0.05) is 54.6 Å². The molecular weight excluding hydrogens is 589 g/mol. The lowest BCUT2D eigenvalue weighted by Gasteiger charge is -2.17. The van der Waals surface area contributed by atoms with Crippen molar-refractivity contribution in [2.24, 2.45) is 0 Å². The molecule has 2 nitrogen and oxygen atoms in total. The van der Waals surface area contributed by atoms with Crippen molar-refractivity contribution in [2.75, 3.05) is 0 Å². The van der Waals surface area contributed by atoms with Gasteiger partial charge in [-0.15, -0.1) is 45.3 Å². The van der Waals surface area contributed by atoms with E-state index in [2.05, 4.69) is 112 Å². The number of hydrogen-bond donors (Lipinski definition) is 0. The Hall–Kier alpha value is -3.94. The molecule has 0 atom stereocenters. The first kappa shape index (κ1) is 25.7. The van der Waals surface area contributed by atoms with Crippen LogP contribution in [0.3, 0.4) is 0 Å². The second-order valence-corrected chi connectivity index (χ2v) is 14.0. The van der Waals surface area contributed by atoms with E-state index in [9.17, 15) is 0 Å². The van der Waals surface area contributed by atoms with E-state index < -0.39 is 0 Å². The minimum Gasteiger partial charge on any atom is -0.245 e. The molecule has 0 saturated heterocycles. The number of aromatic nitrogens is 2.